The Hall–Kier alpha value is -2.38. The maximum Gasteiger partial charge on any atom is 0.416 e. The molecule has 0 amide bonds. The number of hydrogen-bond acceptors (Lipinski definition) is 5. The van der Waals surface area contributed by atoms with Crippen LogP contribution in [0.3, 0.4) is 0 Å². The van der Waals surface area contributed by atoms with Crippen LogP contribution in [0.5, 0.6) is 0 Å². The van der Waals surface area contributed by atoms with Gasteiger partial charge in [-0.15, -0.1) is 5.10 Å². The number of nitrogens with one attached hydrogen (secondary N) is 2. The van der Waals surface area contributed by atoms with Crippen LogP contribution in [0.4, 0.5) is 30.6 Å². The van der Waals surface area contributed by atoms with Gasteiger partial charge in [0.1, 0.15) is 0 Å². The van der Waals surface area contributed by atoms with Gasteiger partial charge in [0, 0.05) is 11.7 Å². The minimum Gasteiger partial charge on any atom is -0.366 e. The summed E-state index contributed by atoms with van der Waals surface area (Å²) in [5.41, 5.74) is -0.470. The Morgan fingerprint density at radius 1 is 1.19 bits per heavy atom. The zero-order valence-corrected chi connectivity index (χ0v) is 10.9. The molecule has 0 atom stereocenters. The van der Waals surface area contributed by atoms with E-state index in [1.54, 1.807) is 0 Å². The van der Waals surface area contributed by atoms with Gasteiger partial charge in [-0.3, -0.25) is 0 Å². The molecule has 110 valence electrons. The molecule has 2 aromatic rings. The molecule has 1 aliphatic carbocycles. The van der Waals surface area contributed by atoms with E-state index in [0.29, 0.717) is 11.9 Å². The van der Waals surface area contributed by atoms with Gasteiger partial charge in [-0.2, -0.15) is 23.3 Å². The highest BCUT2D eigenvalue weighted by molar-refractivity contribution is 5.55. The molecule has 8 heteroatoms. The summed E-state index contributed by atoms with van der Waals surface area (Å²) >= 11 is 0. The molecular formula is C13H12F3N5. The molecule has 0 bridgehead atoms. The van der Waals surface area contributed by atoms with E-state index >= 15 is 0 Å². The van der Waals surface area contributed by atoms with E-state index in [4.69, 9.17) is 0 Å². The topological polar surface area (TPSA) is 62.7 Å². The van der Waals surface area contributed by atoms with Gasteiger partial charge in [0.05, 0.1) is 11.8 Å². The maximum absolute atomic E-state index is 12.6. The SMILES string of the molecule is FC(F)(F)c1cccc(Nc2nncc(NC3CC3)n2)c1. The largest absolute Gasteiger partial charge is 0.416 e. The van der Waals surface area contributed by atoms with Gasteiger partial charge in [0.25, 0.3) is 0 Å². The fourth-order valence-corrected chi connectivity index (χ4v) is 1.77. The van der Waals surface area contributed by atoms with Crippen molar-refractivity contribution in [1.82, 2.24) is 15.2 Å². The van der Waals surface area contributed by atoms with Crippen molar-refractivity contribution in [2.24, 2.45) is 0 Å². The highest BCUT2D eigenvalue weighted by Gasteiger charge is 2.30. The molecule has 0 aliphatic heterocycles. The first-order chi connectivity index (χ1) is 10.0. The van der Waals surface area contributed by atoms with Crippen LogP contribution in [-0.2, 0) is 6.18 Å². The zero-order valence-electron chi connectivity index (χ0n) is 10.9. The van der Waals surface area contributed by atoms with E-state index in [2.05, 4.69) is 25.8 Å². The lowest BCUT2D eigenvalue weighted by atomic mass is 10.2. The number of halogens is 3. The summed E-state index contributed by atoms with van der Waals surface area (Å²) in [7, 11) is 0. The third kappa shape index (κ3) is 3.59. The summed E-state index contributed by atoms with van der Waals surface area (Å²) in [5, 5.41) is 13.4. The molecule has 2 N–H and O–H groups in total. The molecule has 1 fully saturated rings. The molecule has 0 radical (unpaired) electrons. The number of benzene rings is 1. The second-order valence-corrected chi connectivity index (χ2v) is 4.79. The number of nitrogens with zero attached hydrogens (tertiary/aromatic N) is 3. The first-order valence-corrected chi connectivity index (χ1v) is 6.41. The number of rotatable bonds is 4. The Morgan fingerprint density at radius 2 is 2.00 bits per heavy atom. The number of anilines is 3. The van der Waals surface area contributed by atoms with Crippen LogP contribution in [0.1, 0.15) is 18.4 Å². The summed E-state index contributed by atoms with van der Waals surface area (Å²) < 4.78 is 37.9. The first kappa shape index (κ1) is 13.6. The summed E-state index contributed by atoms with van der Waals surface area (Å²) in [6.45, 7) is 0. The Kier molecular flexibility index (Phi) is 3.36. The highest BCUT2D eigenvalue weighted by atomic mass is 19.4. The maximum atomic E-state index is 12.6. The molecule has 21 heavy (non-hydrogen) atoms. The quantitative estimate of drug-likeness (QED) is 0.907. The van der Waals surface area contributed by atoms with Crippen LogP contribution in [-0.4, -0.2) is 21.2 Å². The molecule has 3 rings (SSSR count). The van der Waals surface area contributed by atoms with Crippen molar-refractivity contribution in [2.75, 3.05) is 10.6 Å². The Morgan fingerprint density at radius 3 is 2.71 bits per heavy atom. The molecule has 1 aliphatic rings. The summed E-state index contributed by atoms with van der Waals surface area (Å²) in [5.74, 6) is 0.710. The lowest BCUT2D eigenvalue weighted by Crippen LogP contribution is -2.08. The van der Waals surface area contributed by atoms with Crippen LogP contribution in [0, 0.1) is 0 Å². The summed E-state index contributed by atoms with van der Waals surface area (Å²) in [6, 6.07) is 5.26. The van der Waals surface area contributed by atoms with Crippen molar-refractivity contribution in [2.45, 2.75) is 25.1 Å². The second kappa shape index (κ2) is 5.19. The molecule has 0 saturated heterocycles. The van der Waals surface area contributed by atoms with Gasteiger partial charge in [-0.05, 0) is 31.0 Å². The molecule has 0 spiro atoms. The van der Waals surface area contributed by atoms with Gasteiger partial charge in [0.15, 0.2) is 5.82 Å². The monoisotopic (exact) mass is 295 g/mol. The van der Waals surface area contributed by atoms with Crippen LogP contribution in [0.25, 0.3) is 0 Å². The smallest absolute Gasteiger partial charge is 0.366 e. The predicted octanol–water partition coefficient (Wildman–Crippen LogP) is 3.21. The van der Waals surface area contributed by atoms with Crippen LogP contribution >= 0.6 is 0 Å². The van der Waals surface area contributed by atoms with E-state index in [-0.39, 0.29) is 11.6 Å². The second-order valence-electron chi connectivity index (χ2n) is 4.79. The number of alkyl halides is 3. The molecule has 5 nitrogen and oxygen atoms in total. The van der Waals surface area contributed by atoms with Crippen molar-refractivity contribution < 1.29 is 13.2 Å². The first-order valence-electron chi connectivity index (χ1n) is 6.41. The standard InChI is InChI=1S/C13H12F3N5/c14-13(15,16)8-2-1-3-10(6-8)19-12-20-11(7-17-21-12)18-9-4-5-9/h1-3,6-7,9H,4-5H2,(H2,18,19,20,21). The lowest BCUT2D eigenvalue weighted by molar-refractivity contribution is -0.137. The average Bonchev–Trinajstić information content (AvgIpc) is 3.22. The predicted molar refractivity (Wildman–Crippen MR) is 71.2 cm³/mol. The van der Waals surface area contributed by atoms with Gasteiger partial charge in [0.2, 0.25) is 5.95 Å². The normalized spacial score (nSPS) is 14.8. The van der Waals surface area contributed by atoms with E-state index in [9.17, 15) is 13.2 Å². The summed E-state index contributed by atoms with van der Waals surface area (Å²) in [4.78, 5) is 4.16. The van der Waals surface area contributed by atoms with Crippen molar-refractivity contribution in [3.63, 3.8) is 0 Å². The molecule has 1 heterocycles. The van der Waals surface area contributed by atoms with Crippen LogP contribution in [0.2, 0.25) is 0 Å². The van der Waals surface area contributed by atoms with Gasteiger partial charge in [-0.1, -0.05) is 6.07 Å². The minimum atomic E-state index is -4.38. The molecule has 0 unspecified atom stereocenters. The Balaban J connectivity index is 1.76. The fourth-order valence-electron chi connectivity index (χ4n) is 1.77. The zero-order chi connectivity index (χ0) is 14.9. The summed E-state index contributed by atoms with van der Waals surface area (Å²) in [6.07, 6.45) is -0.734. The van der Waals surface area contributed by atoms with Crippen molar-refractivity contribution >= 4 is 17.5 Å². The highest BCUT2D eigenvalue weighted by Crippen LogP contribution is 2.31. The Bertz CT molecular complexity index is 640. The number of hydrogen-bond donors (Lipinski definition) is 2. The van der Waals surface area contributed by atoms with Gasteiger partial charge in [-0.25, -0.2) is 0 Å². The molecular weight excluding hydrogens is 283 g/mol. The average molecular weight is 295 g/mol. The molecule has 1 aromatic carbocycles. The van der Waals surface area contributed by atoms with Crippen LogP contribution in [0.15, 0.2) is 30.5 Å². The van der Waals surface area contributed by atoms with Crippen molar-refractivity contribution in [3.05, 3.63) is 36.0 Å². The third-order valence-corrected chi connectivity index (χ3v) is 2.93. The van der Waals surface area contributed by atoms with Gasteiger partial charge < -0.3 is 10.6 Å². The van der Waals surface area contributed by atoms with E-state index in [1.165, 1.54) is 18.3 Å². The van der Waals surface area contributed by atoms with Crippen molar-refractivity contribution in [1.29, 1.82) is 0 Å². The van der Waals surface area contributed by atoms with Crippen molar-refractivity contribution in [3.8, 4) is 0 Å². The lowest BCUT2D eigenvalue weighted by Gasteiger charge is -2.10. The van der Waals surface area contributed by atoms with E-state index in [0.717, 1.165) is 25.0 Å². The molecule has 1 saturated carbocycles. The third-order valence-electron chi connectivity index (χ3n) is 2.93. The number of aromatic nitrogens is 3. The van der Waals surface area contributed by atoms with E-state index in [1.807, 2.05) is 0 Å². The molecule has 1 aromatic heterocycles. The fraction of sp³-hybridized carbons (Fsp3) is 0.308. The van der Waals surface area contributed by atoms with Gasteiger partial charge >= 0.3 is 6.18 Å². The van der Waals surface area contributed by atoms with Crippen LogP contribution < -0.4 is 10.6 Å². The minimum absolute atomic E-state index is 0.153. The Labute approximate surface area is 118 Å². The van der Waals surface area contributed by atoms with E-state index < -0.39 is 11.7 Å².